The summed E-state index contributed by atoms with van der Waals surface area (Å²) in [5.41, 5.74) is 4.74. The molecule has 1 aliphatic rings. The van der Waals surface area contributed by atoms with Gasteiger partial charge in [-0.3, -0.25) is 9.78 Å². The van der Waals surface area contributed by atoms with E-state index in [-0.39, 0.29) is 11.6 Å². The highest BCUT2D eigenvalue weighted by Crippen LogP contribution is 2.33. The van der Waals surface area contributed by atoms with E-state index in [2.05, 4.69) is 40.4 Å². The minimum absolute atomic E-state index is 0.111. The molecule has 0 radical (unpaired) electrons. The Morgan fingerprint density at radius 2 is 2.20 bits per heavy atom. The van der Waals surface area contributed by atoms with Crippen LogP contribution in [0.2, 0.25) is 0 Å². The molecule has 1 aliphatic carbocycles. The summed E-state index contributed by atoms with van der Waals surface area (Å²) >= 11 is 0. The normalized spacial score (nSPS) is 17.6. The van der Waals surface area contributed by atoms with E-state index in [0.29, 0.717) is 5.95 Å². The number of rotatable bonds is 2. The van der Waals surface area contributed by atoms with Gasteiger partial charge in [0.25, 0.3) is 5.56 Å². The van der Waals surface area contributed by atoms with Crippen LogP contribution in [0.1, 0.15) is 41.3 Å². The molecule has 4 nitrogen and oxygen atoms in total. The van der Waals surface area contributed by atoms with Crippen molar-refractivity contribution in [1.82, 2.24) is 9.97 Å². The Morgan fingerprint density at radius 3 is 3.00 bits per heavy atom. The van der Waals surface area contributed by atoms with E-state index in [0.717, 1.165) is 25.0 Å². The number of nitrogens with zero attached hydrogens (tertiary/aromatic N) is 1. The number of aryl methyl sites for hydroxylation is 2. The van der Waals surface area contributed by atoms with Crippen LogP contribution in [-0.4, -0.2) is 9.97 Å². The van der Waals surface area contributed by atoms with Crippen LogP contribution in [0.15, 0.2) is 29.1 Å². The zero-order valence-corrected chi connectivity index (χ0v) is 11.9. The molecule has 1 aromatic heterocycles. The zero-order valence-electron chi connectivity index (χ0n) is 11.9. The van der Waals surface area contributed by atoms with Crippen molar-refractivity contribution in [3.63, 3.8) is 0 Å². The lowest BCUT2D eigenvalue weighted by molar-refractivity contribution is 0.593. The third-order valence-corrected chi connectivity index (χ3v) is 3.92. The van der Waals surface area contributed by atoms with Crippen LogP contribution in [0.3, 0.4) is 0 Å². The maximum atomic E-state index is 11.5. The van der Waals surface area contributed by atoms with Crippen LogP contribution < -0.4 is 10.9 Å². The summed E-state index contributed by atoms with van der Waals surface area (Å²) < 4.78 is 0. The molecule has 4 heteroatoms. The van der Waals surface area contributed by atoms with Crippen LogP contribution in [0.5, 0.6) is 0 Å². The van der Waals surface area contributed by atoms with Crippen molar-refractivity contribution in [1.29, 1.82) is 0 Å². The van der Waals surface area contributed by atoms with Gasteiger partial charge in [0, 0.05) is 11.8 Å². The molecule has 0 aliphatic heterocycles. The lowest BCUT2D eigenvalue weighted by atomic mass is 9.85. The van der Waals surface area contributed by atoms with Gasteiger partial charge in [-0.1, -0.05) is 18.2 Å². The number of anilines is 1. The molecule has 1 unspecified atom stereocenters. The van der Waals surface area contributed by atoms with E-state index in [4.69, 9.17) is 0 Å². The van der Waals surface area contributed by atoms with Gasteiger partial charge in [-0.2, -0.15) is 0 Å². The molecule has 1 heterocycles. The van der Waals surface area contributed by atoms with Crippen molar-refractivity contribution in [2.24, 2.45) is 0 Å². The molecule has 0 saturated carbocycles. The van der Waals surface area contributed by atoms with E-state index < -0.39 is 0 Å². The van der Waals surface area contributed by atoms with Gasteiger partial charge >= 0.3 is 0 Å². The topological polar surface area (TPSA) is 57.8 Å². The summed E-state index contributed by atoms with van der Waals surface area (Å²) in [6.45, 7) is 3.99. The largest absolute Gasteiger partial charge is 0.349 e. The first-order valence-electron chi connectivity index (χ1n) is 7.06. The monoisotopic (exact) mass is 269 g/mol. The quantitative estimate of drug-likeness (QED) is 0.881. The number of H-pyrrole nitrogens is 1. The number of nitrogens with one attached hydrogen (secondary N) is 2. The Kier molecular flexibility index (Phi) is 3.30. The van der Waals surface area contributed by atoms with Gasteiger partial charge in [0.05, 0.1) is 6.04 Å². The first-order valence-corrected chi connectivity index (χ1v) is 7.06. The first kappa shape index (κ1) is 12.9. The lowest BCUT2D eigenvalue weighted by Crippen LogP contribution is -2.21. The number of fused-ring (bicyclic) bond motifs is 1. The molecule has 1 aromatic carbocycles. The van der Waals surface area contributed by atoms with Crippen molar-refractivity contribution in [3.8, 4) is 0 Å². The average molecular weight is 269 g/mol. The van der Waals surface area contributed by atoms with Gasteiger partial charge in [-0.25, -0.2) is 4.98 Å². The van der Waals surface area contributed by atoms with Crippen LogP contribution >= 0.6 is 0 Å². The maximum Gasteiger partial charge on any atom is 0.252 e. The summed E-state index contributed by atoms with van der Waals surface area (Å²) in [7, 11) is 0. The smallest absolute Gasteiger partial charge is 0.252 e. The molecule has 0 spiro atoms. The summed E-state index contributed by atoms with van der Waals surface area (Å²) in [4.78, 5) is 18.6. The van der Waals surface area contributed by atoms with Gasteiger partial charge in [0.2, 0.25) is 5.95 Å². The minimum atomic E-state index is -0.111. The van der Waals surface area contributed by atoms with Crippen molar-refractivity contribution in [2.75, 3.05) is 5.32 Å². The fourth-order valence-corrected chi connectivity index (χ4v) is 2.99. The van der Waals surface area contributed by atoms with Crippen LogP contribution in [0, 0.1) is 13.8 Å². The van der Waals surface area contributed by atoms with Crippen molar-refractivity contribution in [3.05, 3.63) is 57.0 Å². The molecule has 2 aromatic rings. The highest BCUT2D eigenvalue weighted by atomic mass is 16.1. The van der Waals surface area contributed by atoms with E-state index in [1.807, 2.05) is 6.92 Å². The molecule has 0 bridgehead atoms. The molecule has 0 amide bonds. The number of hydrogen-bond acceptors (Lipinski definition) is 3. The Labute approximate surface area is 118 Å². The summed E-state index contributed by atoms with van der Waals surface area (Å²) in [5, 5.41) is 3.38. The number of benzene rings is 1. The highest BCUT2D eigenvalue weighted by Gasteiger charge is 2.21. The fourth-order valence-electron chi connectivity index (χ4n) is 2.99. The Bertz CT molecular complexity index is 690. The molecule has 0 saturated heterocycles. The third kappa shape index (κ3) is 2.46. The highest BCUT2D eigenvalue weighted by molar-refractivity contribution is 5.42. The predicted octanol–water partition coefficient (Wildman–Crippen LogP) is 2.88. The van der Waals surface area contributed by atoms with Gasteiger partial charge < -0.3 is 5.32 Å². The van der Waals surface area contributed by atoms with E-state index in [1.54, 1.807) is 0 Å². The van der Waals surface area contributed by atoms with Gasteiger partial charge in [0.1, 0.15) is 0 Å². The average Bonchev–Trinajstić information content (AvgIpc) is 2.39. The predicted molar refractivity (Wildman–Crippen MR) is 80.1 cm³/mol. The maximum absolute atomic E-state index is 11.5. The fraction of sp³-hybridized carbons (Fsp3) is 0.375. The van der Waals surface area contributed by atoms with Gasteiger partial charge in [-0.05, 0) is 49.8 Å². The minimum Gasteiger partial charge on any atom is -0.349 e. The van der Waals surface area contributed by atoms with Crippen molar-refractivity contribution >= 4 is 5.95 Å². The van der Waals surface area contributed by atoms with Gasteiger partial charge in [-0.15, -0.1) is 0 Å². The van der Waals surface area contributed by atoms with E-state index in [9.17, 15) is 4.79 Å². The Balaban J connectivity index is 1.93. The Hall–Kier alpha value is -2.10. The summed E-state index contributed by atoms with van der Waals surface area (Å²) in [6, 6.07) is 8.16. The number of aromatic nitrogens is 2. The zero-order chi connectivity index (χ0) is 14.1. The van der Waals surface area contributed by atoms with Crippen molar-refractivity contribution in [2.45, 2.75) is 39.2 Å². The van der Waals surface area contributed by atoms with Crippen LogP contribution in [0.4, 0.5) is 5.95 Å². The lowest BCUT2D eigenvalue weighted by Gasteiger charge is -2.27. The molecule has 20 heavy (non-hydrogen) atoms. The first-order chi connectivity index (χ1) is 9.63. The van der Waals surface area contributed by atoms with E-state index in [1.165, 1.54) is 22.8 Å². The molecule has 1 atom stereocenters. The molecule has 2 N–H and O–H groups in total. The standard InChI is InChI=1S/C16H19N3O/c1-10-5-3-7-13-12(10)6-4-8-14(13)18-16-17-11(2)9-15(20)19-16/h3,5,7,9,14H,4,6,8H2,1-2H3,(H2,17,18,19,20). The number of aromatic amines is 1. The van der Waals surface area contributed by atoms with Crippen LogP contribution in [0.25, 0.3) is 0 Å². The molecular formula is C16H19N3O. The van der Waals surface area contributed by atoms with Crippen molar-refractivity contribution < 1.29 is 0 Å². The van der Waals surface area contributed by atoms with Gasteiger partial charge in [0.15, 0.2) is 0 Å². The molecule has 0 fully saturated rings. The van der Waals surface area contributed by atoms with E-state index >= 15 is 0 Å². The SMILES string of the molecule is Cc1cc(=O)[nH]c(NC2CCCc3c(C)cccc32)n1. The second-order valence-electron chi connectivity index (χ2n) is 5.47. The Morgan fingerprint density at radius 1 is 1.35 bits per heavy atom. The molecule has 3 rings (SSSR count). The molecular weight excluding hydrogens is 250 g/mol. The summed E-state index contributed by atoms with van der Waals surface area (Å²) in [6.07, 6.45) is 3.36. The second kappa shape index (κ2) is 5.12. The third-order valence-electron chi connectivity index (χ3n) is 3.92. The summed E-state index contributed by atoms with van der Waals surface area (Å²) in [5.74, 6) is 0.564. The second-order valence-corrected chi connectivity index (χ2v) is 5.47. The number of hydrogen-bond donors (Lipinski definition) is 2. The van der Waals surface area contributed by atoms with Crippen LogP contribution in [-0.2, 0) is 6.42 Å². The molecule has 104 valence electrons.